The van der Waals surface area contributed by atoms with E-state index < -0.39 is 10.8 Å². The van der Waals surface area contributed by atoms with Crippen molar-refractivity contribution in [3.63, 3.8) is 0 Å². The Bertz CT molecular complexity index is 436. The molecule has 1 rings (SSSR count). The molecule has 7 heteroatoms. The standard InChI is InChI=1S/C9H9ClN2O4/c1-11(16-2)9(13)7-4-3-6(10)5-8(7)12(14)15/h3-5H,1-2H3. The van der Waals surface area contributed by atoms with Crippen molar-refractivity contribution in [2.45, 2.75) is 0 Å². The zero-order valence-electron chi connectivity index (χ0n) is 8.64. The predicted molar refractivity (Wildman–Crippen MR) is 57.2 cm³/mol. The highest BCUT2D eigenvalue weighted by molar-refractivity contribution is 6.31. The van der Waals surface area contributed by atoms with Gasteiger partial charge in [0.2, 0.25) is 0 Å². The molecule has 0 atom stereocenters. The van der Waals surface area contributed by atoms with Crippen molar-refractivity contribution < 1.29 is 14.6 Å². The van der Waals surface area contributed by atoms with Crippen molar-refractivity contribution in [3.8, 4) is 0 Å². The van der Waals surface area contributed by atoms with Crippen LogP contribution in [0.1, 0.15) is 10.4 Å². The van der Waals surface area contributed by atoms with E-state index in [9.17, 15) is 14.9 Å². The second-order valence-electron chi connectivity index (χ2n) is 2.90. The van der Waals surface area contributed by atoms with Crippen LogP contribution < -0.4 is 0 Å². The molecule has 0 aliphatic heterocycles. The molecule has 1 amide bonds. The van der Waals surface area contributed by atoms with Crippen LogP contribution in [0.25, 0.3) is 0 Å². The predicted octanol–water partition coefficient (Wildman–Crippen LogP) is 1.88. The van der Waals surface area contributed by atoms with Gasteiger partial charge in [-0.05, 0) is 12.1 Å². The Morgan fingerprint density at radius 3 is 2.69 bits per heavy atom. The lowest BCUT2D eigenvalue weighted by atomic mass is 10.1. The molecule has 16 heavy (non-hydrogen) atoms. The van der Waals surface area contributed by atoms with E-state index in [4.69, 9.17) is 11.6 Å². The minimum atomic E-state index is -0.664. The van der Waals surface area contributed by atoms with Gasteiger partial charge in [0, 0.05) is 18.1 Å². The minimum absolute atomic E-state index is 0.0706. The highest BCUT2D eigenvalue weighted by Gasteiger charge is 2.23. The van der Waals surface area contributed by atoms with E-state index in [1.807, 2.05) is 0 Å². The molecule has 0 fully saturated rings. The fraction of sp³-hybridized carbons (Fsp3) is 0.222. The van der Waals surface area contributed by atoms with Gasteiger partial charge in [-0.25, -0.2) is 5.06 Å². The van der Waals surface area contributed by atoms with Gasteiger partial charge in [0.25, 0.3) is 11.6 Å². The third kappa shape index (κ3) is 2.47. The van der Waals surface area contributed by atoms with Gasteiger partial charge in [-0.15, -0.1) is 0 Å². The summed E-state index contributed by atoms with van der Waals surface area (Å²) in [5, 5.41) is 11.8. The second-order valence-corrected chi connectivity index (χ2v) is 3.34. The van der Waals surface area contributed by atoms with E-state index in [0.717, 1.165) is 11.1 Å². The topological polar surface area (TPSA) is 72.7 Å². The Balaban J connectivity index is 3.23. The summed E-state index contributed by atoms with van der Waals surface area (Å²) in [7, 11) is 2.65. The van der Waals surface area contributed by atoms with Crippen molar-refractivity contribution in [2.75, 3.05) is 14.2 Å². The van der Waals surface area contributed by atoms with Crippen molar-refractivity contribution in [1.29, 1.82) is 0 Å². The van der Waals surface area contributed by atoms with Gasteiger partial charge < -0.3 is 0 Å². The molecule has 1 aromatic rings. The van der Waals surface area contributed by atoms with Gasteiger partial charge in [-0.3, -0.25) is 19.7 Å². The van der Waals surface area contributed by atoms with Crippen LogP contribution in [0.3, 0.4) is 0 Å². The summed E-state index contributed by atoms with van der Waals surface area (Å²) in [6, 6.07) is 3.82. The maximum Gasteiger partial charge on any atom is 0.284 e. The van der Waals surface area contributed by atoms with Crippen molar-refractivity contribution in [1.82, 2.24) is 5.06 Å². The highest BCUT2D eigenvalue weighted by atomic mass is 35.5. The lowest BCUT2D eigenvalue weighted by Crippen LogP contribution is -2.26. The molecular formula is C9H9ClN2O4. The normalized spacial score (nSPS) is 9.94. The molecule has 0 aromatic heterocycles. The number of nitro benzene ring substituents is 1. The molecule has 6 nitrogen and oxygen atoms in total. The van der Waals surface area contributed by atoms with E-state index in [-0.39, 0.29) is 16.3 Å². The second kappa shape index (κ2) is 4.91. The summed E-state index contributed by atoms with van der Waals surface area (Å²) < 4.78 is 0. The number of hydroxylamine groups is 2. The summed E-state index contributed by atoms with van der Waals surface area (Å²) >= 11 is 5.62. The zero-order chi connectivity index (χ0) is 12.3. The summed E-state index contributed by atoms with van der Waals surface area (Å²) in [5.74, 6) is -0.606. The van der Waals surface area contributed by atoms with Gasteiger partial charge in [0.15, 0.2) is 0 Å². The Hall–Kier alpha value is -1.66. The minimum Gasteiger partial charge on any atom is -0.274 e. The van der Waals surface area contributed by atoms with E-state index in [1.165, 1.54) is 26.3 Å². The molecule has 0 aliphatic rings. The molecule has 0 bridgehead atoms. The number of halogens is 1. The van der Waals surface area contributed by atoms with Crippen LogP contribution in [0.5, 0.6) is 0 Å². The number of nitrogens with zero attached hydrogens (tertiary/aromatic N) is 2. The van der Waals surface area contributed by atoms with Crippen LogP contribution in [0.4, 0.5) is 5.69 Å². The lowest BCUT2D eigenvalue weighted by molar-refractivity contribution is -0.385. The highest BCUT2D eigenvalue weighted by Crippen LogP contribution is 2.24. The first-order valence-electron chi connectivity index (χ1n) is 4.23. The Kier molecular flexibility index (Phi) is 3.81. The van der Waals surface area contributed by atoms with Gasteiger partial charge in [-0.1, -0.05) is 11.6 Å². The van der Waals surface area contributed by atoms with Crippen LogP contribution in [-0.4, -0.2) is 30.1 Å². The number of rotatable bonds is 3. The first-order chi connectivity index (χ1) is 7.47. The third-order valence-electron chi connectivity index (χ3n) is 1.95. The summed E-state index contributed by atoms with van der Waals surface area (Å²) in [6.45, 7) is 0. The van der Waals surface area contributed by atoms with Crippen molar-refractivity contribution >= 4 is 23.2 Å². The van der Waals surface area contributed by atoms with E-state index in [0.29, 0.717) is 0 Å². The molecule has 0 heterocycles. The lowest BCUT2D eigenvalue weighted by Gasteiger charge is -2.13. The maximum atomic E-state index is 11.7. The molecule has 0 aliphatic carbocycles. The summed E-state index contributed by atoms with van der Waals surface area (Å²) in [6.07, 6.45) is 0. The monoisotopic (exact) mass is 244 g/mol. The first-order valence-corrected chi connectivity index (χ1v) is 4.61. The van der Waals surface area contributed by atoms with Gasteiger partial charge in [-0.2, -0.15) is 0 Å². The van der Waals surface area contributed by atoms with Crippen LogP contribution in [0.2, 0.25) is 5.02 Å². The maximum absolute atomic E-state index is 11.7. The number of carbonyl (C=O) groups is 1. The average molecular weight is 245 g/mol. The molecular weight excluding hydrogens is 236 g/mol. The van der Waals surface area contributed by atoms with Crippen LogP contribution >= 0.6 is 11.6 Å². The number of hydrogen-bond acceptors (Lipinski definition) is 4. The number of hydrogen-bond donors (Lipinski definition) is 0. The Morgan fingerprint density at radius 1 is 1.56 bits per heavy atom. The quantitative estimate of drug-likeness (QED) is 0.601. The molecule has 0 saturated heterocycles. The van der Waals surface area contributed by atoms with Crippen molar-refractivity contribution in [2.24, 2.45) is 0 Å². The Labute approximate surface area is 96.5 Å². The number of carbonyl (C=O) groups excluding carboxylic acids is 1. The molecule has 0 unspecified atom stereocenters. The summed E-state index contributed by atoms with van der Waals surface area (Å²) in [5.41, 5.74) is -0.417. The fourth-order valence-corrected chi connectivity index (χ4v) is 1.26. The van der Waals surface area contributed by atoms with E-state index >= 15 is 0 Å². The molecule has 0 spiro atoms. The van der Waals surface area contributed by atoms with Crippen molar-refractivity contribution in [3.05, 3.63) is 38.9 Å². The third-order valence-corrected chi connectivity index (χ3v) is 2.18. The average Bonchev–Trinajstić information content (AvgIpc) is 2.26. The number of benzene rings is 1. The molecule has 86 valence electrons. The van der Waals surface area contributed by atoms with E-state index in [2.05, 4.69) is 4.84 Å². The fourth-order valence-electron chi connectivity index (χ4n) is 1.09. The van der Waals surface area contributed by atoms with Gasteiger partial charge >= 0.3 is 0 Å². The van der Waals surface area contributed by atoms with Crippen LogP contribution in [-0.2, 0) is 4.84 Å². The smallest absolute Gasteiger partial charge is 0.274 e. The SMILES string of the molecule is CON(C)C(=O)c1ccc(Cl)cc1[N+](=O)[O-]. The van der Waals surface area contributed by atoms with E-state index in [1.54, 1.807) is 0 Å². The molecule has 0 saturated carbocycles. The largest absolute Gasteiger partial charge is 0.284 e. The molecule has 0 radical (unpaired) electrons. The molecule has 1 aromatic carbocycles. The Morgan fingerprint density at radius 2 is 2.19 bits per heavy atom. The number of amides is 1. The van der Waals surface area contributed by atoms with Gasteiger partial charge in [0.05, 0.1) is 12.0 Å². The summed E-state index contributed by atoms with van der Waals surface area (Å²) in [4.78, 5) is 26.4. The zero-order valence-corrected chi connectivity index (χ0v) is 9.39. The van der Waals surface area contributed by atoms with Crippen LogP contribution in [0.15, 0.2) is 18.2 Å². The van der Waals surface area contributed by atoms with Gasteiger partial charge in [0.1, 0.15) is 5.56 Å². The first kappa shape index (κ1) is 12.4. The van der Waals surface area contributed by atoms with Crippen LogP contribution in [0, 0.1) is 10.1 Å². The molecule has 0 N–H and O–H groups in total. The number of nitro groups is 1.